The SMILES string of the molecule is COc1ccc(Nc2cc(C)nc(Nc3ccc(C)cc3Br)n2)cc1. The molecule has 2 N–H and O–H groups in total. The molecule has 3 rings (SSSR count). The standard InChI is InChI=1S/C19H19BrN4O/c1-12-4-9-17(16(20)10-12)23-19-21-13(2)11-18(24-19)22-14-5-7-15(25-3)8-6-14/h4-11H,1-3H3,(H2,21,22,23,24). The molecule has 0 fully saturated rings. The van der Waals surface area contributed by atoms with Gasteiger partial charge in [0.2, 0.25) is 5.95 Å². The van der Waals surface area contributed by atoms with E-state index in [0.29, 0.717) is 5.95 Å². The first-order valence-electron chi connectivity index (χ1n) is 7.83. The maximum atomic E-state index is 5.18. The third-order valence-corrected chi connectivity index (χ3v) is 4.24. The van der Waals surface area contributed by atoms with Gasteiger partial charge in [-0.05, 0) is 71.7 Å². The number of aryl methyl sites for hydroxylation is 2. The van der Waals surface area contributed by atoms with E-state index in [0.717, 1.165) is 33.1 Å². The first-order valence-corrected chi connectivity index (χ1v) is 8.63. The van der Waals surface area contributed by atoms with Gasteiger partial charge in [0.25, 0.3) is 0 Å². The zero-order chi connectivity index (χ0) is 17.8. The van der Waals surface area contributed by atoms with Crippen molar-refractivity contribution in [3.8, 4) is 5.75 Å². The Bertz CT molecular complexity index is 881. The number of nitrogens with zero attached hydrogens (tertiary/aromatic N) is 2. The lowest BCUT2D eigenvalue weighted by Crippen LogP contribution is -2.03. The van der Waals surface area contributed by atoms with Crippen LogP contribution in [0.2, 0.25) is 0 Å². The lowest BCUT2D eigenvalue weighted by atomic mass is 10.2. The summed E-state index contributed by atoms with van der Waals surface area (Å²) in [7, 11) is 1.65. The van der Waals surface area contributed by atoms with Crippen molar-refractivity contribution in [2.24, 2.45) is 0 Å². The minimum atomic E-state index is 0.542. The maximum absolute atomic E-state index is 5.18. The summed E-state index contributed by atoms with van der Waals surface area (Å²) in [4.78, 5) is 9.00. The molecule has 0 aliphatic heterocycles. The number of nitrogens with one attached hydrogen (secondary N) is 2. The molecule has 0 bridgehead atoms. The van der Waals surface area contributed by atoms with Crippen LogP contribution in [0.25, 0.3) is 0 Å². The number of hydrogen-bond donors (Lipinski definition) is 2. The van der Waals surface area contributed by atoms with Gasteiger partial charge in [0.05, 0.1) is 12.8 Å². The van der Waals surface area contributed by atoms with Crippen LogP contribution in [-0.4, -0.2) is 17.1 Å². The quantitative estimate of drug-likeness (QED) is 0.606. The minimum Gasteiger partial charge on any atom is -0.497 e. The van der Waals surface area contributed by atoms with Gasteiger partial charge in [-0.15, -0.1) is 0 Å². The first kappa shape index (κ1) is 17.2. The normalized spacial score (nSPS) is 10.4. The van der Waals surface area contributed by atoms with E-state index in [-0.39, 0.29) is 0 Å². The number of aromatic nitrogens is 2. The van der Waals surface area contributed by atoms with E-state index in [1.54, 1.807) is 7.11 Å². The molecule has 5 nitrogen and oxygen atoms in total. The van der Waals surface area contributed by atoms with E-state index in [4.69, 9.17) is 4.74 Å². The summed E-state index contributed by atoms with van der Waals surface area (Å²) in [5, 5.41) is 6.54. The molecule has 0 saturated heterocycles. The molecule has 0 spiro atoms. The third-order valence-electron chi connectivity index (χ3n) is 3.59. The Morgan fingerprint density at radius 2 is 1.68 bits per heavy atom. The predicted molar refractivity (Wildman–Crippen MR) is 105 cm³/mol. The van der Waals surface area contributed by atoms with Crippen molar-refractivity contribution in [1.82, 2.24) is 9.97 Å². The van der Waals surface area contributed by atoms with E-state index < -0.39 is 0 Å². The van der Waals surface area contributed by atoms with Crippen molar-refractivity contribution in [1.29, 1.82) is 0 Å². The van der Waals surface area contributed by atoms with Crippen molar-refractivity contribution in [2.45, 2.75) is 13.8 Å². The van der Waals surface area contributed by atoms with Crippen molar-refractivity contribution in [3.63, 3.8) is 0 Å². The molecule has 0 atom stereocenters. The van der Waals surface area contributed by atoms with Crippen LogP contribution in [0.1, 0.15) is 11.3 Å². The van der Waals surface area contributed by atoms with Gasteiger partial charge in [-0.25, -0.2) is 4.98 Å². The zero-order valence-corrected chi connectivity index (χ0v) is 15.9. The van der Waals surface area contributed by atoms with E-state index >= 15 is 0 Å². The molecule has 128 valence electrons. The Morgan fingerprint density at radius 3 is 2.36 bits per heavy atom. The van der Waals surface area contributed by atoms with Crippen molar-refractivity contribution < 1.29 is 4.74 Å². The molecular formula is C19H19BrN4O. The van der Waals surface area contributed by atoms with Crippen LogP contribution in [0.5, 0.6) is 5.75 Å². The molecule has 1 aromatic heterocycles. The van der Waals surface area contributed by atoms with Gasteiger partial charge >= 0.3 is 0 Å². The summed E-state index contributed by atoms with van der Waals surface area (Å²) in [5.74, 6) is 2.08. The molecule has 0 saturated carbocycles. The van der Waals surface area contributed by atoms with E-state index in [2.05, 4.69) is 49.5 Å². The molecule has 0 amide bonds. The Morgan fingerprint density at radius 1 is 0.920 bits per heavy atom. The second kappa shape index (κ2) is 7.53. The summed E-state index contributed by atoms with van der Waals surface area (Å²) in [6.07, 6.45) is 0. The van der Waals surface area contributed by atoms with Gasteiger partial charge in [0.15, 0.2) is 0 Å². The topological polar surface area (TPSA) is 59.1 Å². The van der Waals surface area contributed by atoms with Crippen molar-refractivity contribution >= 4 is 39.1 Å². The van der Waals surface area contributed by atoms with Crippen LogP contribution in [0.4, 0.5) is 23.1 Å². The Balaban J connectivity index is 1.82. The van der Waals surface area contributed by atoms with Gasteiger partial charge in [-0.2, -0.15) is 4.98 Å². The molecule has 6 heteroatoms. The monoisotopic (exact) mass is 398 g/mol. The van der Waals surface area contributed by atoms with Crippen LogP contribution in [0.15, 0.2) is 53.0 Å². The number of methoxy groups -OCH3 is 1. The number of benzene rings is 2. The molecule has 0 radical (unpaired) electrons. The fourth-order valence-electron chi connectivity index (χ4n) is 2.35. The highest BCUT2D eigenvalue weighted by Crippen LogP contribution is 2.26. The van der Waals surface area contributed by atoms with E-state index in [1.165, 1.54) is 5.56 Å². The molecule has 0 aliphatic rings. The van der Waals surface area contributed by atoms with Gasteiger partial charge < -0.3 is 15.4 Å². The number of ether oxygens (including phenoxy) is 1. The molecule has 2 aromatic carbocycles. The maximum Gasteiger partial charge on any atom is 0.229 e. The molecular weight excluding hydrogens is 380 g/mol. The summed E-state index contributed by atoms with van der Waals surface area (Å²) < 4.78 is 6.15. The second-order valence-corrected chi connectivity index (χ2v) is 6.53. The van der Waals surface area contributed by atoms with Crippen LogP contribution in [-0.2, 0) is 0 Å². The molecule has 1 heterocycles. The summed E-state index contributed by atoms with van der Waals surface area (Å²) >= 11 is 3.56. The molecule has 3 aromatic rings. The van der Waals surface area contributed by atoms with Crippen LogP contribution >= 0.6 is 15.9 Å². The third kappa shape index (κ3) is 4.48. The molecule has 25 heavy (non-hydrogen) atoms. The summed E-state index contributed by atoms with van der Waals surface area (Å²) in [5.41, 5.74) is 3.91. The Kier molecular flexibility index (Phi) is 5.19. The van der Waals surface area contributed by atoms with Crippen molar-refractivity contribution in [3.05, 3.63) is 64.3 Å². The highest BCUT2D eigenvalue weighted by Gasteiger charge is 2.06. The van der Waals surface area contributed by atoms with Gasteiger partial charge in [0, 0.05) is 21.9 Å². The van der Waals surface area contributed by atoms with Crippen LogP contribution < -0.4 is 15.4 Å². The average molecular weight is 399 g/mol. The van der Waals surface area contributed by atoms with E-state index in [1.807, 2.05) is 49.4 Å². The summed E-state index contributed by atoms with van der Waals surface area (Å²) in [6.45, 7) is 3.99. The first-order chi connectivity index (χ1) is 12.0. The van der Waals surface area contributed by atoms with Crippen LogP contribution in [0, 0.1) is 13.8 Å². The minimum absolute atomic E-state index is 0.542. The number of rotatable bonds is 5. The average Bonchev–Trinajstić information content (AvgIpc) is 2.58. The Hall–Kier alpha value is -2.60. The number of halogens is 1. The molecule has 0 aliphatic carbocycles. The number of anilines is 4. The highest BCUT2D eigenvalue weighted by atomic mass is 79.9. The zero-order valence-electron chi connectivity index (χ0n) is 14.3. The predicted octanol–water partition coefficient (Wildman–Crippen LogP) is 5.35. The smallest absolute Gasteiger partial charge is 0.229 e. The van der Waals surface area contributed by atoms with Crippen molar-refractivity contribution in [2.75, 3.05) is 17.7 Å². The lowest BCUT2D eigenvalue weighted by Gasteiger charge is -2.11. The molecule has 0 unspecified atom stereocenters. The van der Waals surface area contributed by atoms with Gasteiger partial charge in [-0.1, -0.05) is 6.07 Å². The van der Waals surface area contributed by atoms with E-state index in [9.17, 15) is 0 Å². The largest absolute Gasteiger partial charge is 0.497 e. The van der Waals surface area contributed by atoms with Gasteiger partial charge in [-0.3, -0.25) is 0 Å². The number of hydrogen-bond acceptors (Lipinski definition) is 5. The van der Waals surface area contributed by atoms with Gasteiger partial charge in [0.1, 0.15) is 11.6 Å². The highest BCUT2D eigenvalue weighted by molar-refractivity contribution is 9.10. The lowest BCUT2D eigenvalue weighted by molar-refractivity contribution is 0.415. The Labute approximate surface area is 155 Å². The second-order valence-electron chi connectivity index (χ2n) is 5.68. The van der Waals surface area contributed by atoms with Crippen LogP contribution in [0.3, 0.4) is 0 Å². The fourth-order valence-corrected chi connectivity index (χ4v) is 2.95. The summed E-state index contributed by atoms with van der Waals surface area (Å²) in [6, 6.07) is 15.7. The fraction of sp³-hybridized carbons (Fsp3) is 0.158.